The average molecular weight is 325 g/mol. The SMILES string of the molecule is Cc1cccc(O)c1C1c2ccccc2C[C@@H]1C(=O)NNC(N)=O. The van der Waals surface area contributed by atoms with Gasteiger partial charge in [-0.25, -0.2) is 10.2 Å². The van der Waals surface area contributed by atoms with Crippen molar-refractivity contribution in [2.45, 2.75) is 19.3 Å². The van der Waals surface area contributed by atoms with Gasteiger partial charge in [-0.05, 0) is 36.1 Å². The Balaban J connectivity index is 2.04. The molecule has 0 spiro atoms. The normalized spacial score (nSPS) is 18.7. The van der Waals surface area contributed by atoms with Gasteiger partial charge in [0.25, 0.3) is 0 Å². The van der Waals surface area contributed by atoms with Crippen molar-refractivity contribution in [1.29, 1.82) is 0 Å². The van der Waals surface area contributed by atoms with E-state index >= 15 is 0 Å². The van der Waals surface area contributed by atoms with Crippen molar-refractivity contribution in [3.63, 3.8) is 0 Å². The highest BCUT2D eigenvalue weighted by Crippen LogP contribution is 2.46. The van der Waals surface area contributed by atoms with Gasteiger partial charge in [-0.1, -0.05) is 36.4 Å². The molecule has 5 N–H and O–H groups in total. The third-order valence-electron chi connectivity index (χ3n) is 4.49. The van der Waals surface area contributed by atoms with Crippen molar-refractivity contribution < 1.29 is 14.7 Å². The van der Waals surface area contributed by atoms with Gasteiger partial charge in [0, 0.05) is 11.5 Å². The number of urea groups is 1. The Labute approximate surface area is 139 Å². The summed E-state index contributed by atoms with van der Waals surface area (Å²) in [6.07, 6.45) is 0.529. The van der Waals surface area contributed by atoms with Gasteiger partial charge in [0.1, 0.15) is 5.75 Å². The number of primary amides is 1. The van der Waals surface area contributed by atoms with Gasteiger partial charge in [0.2, 0.25) is 5.91 Å². The van der Waals surface area contributed by atoms with Crippen LogP contribution in [0.2, 0.25) is 0 Å². The maximum Gasteiger partial charge on any atom is 0.330 e. The lowest BCUT2D eigenvalue weighted by molar-refractivity contribution is -0.125. The number of phenols is 1. The third kappa shape index (κ3) is 2.78. The van der Waals surface area contributed by atoms with E-state index in [0.717, 1.165) is 22.3 Å². The second-order valence-electron chi connectivity index (χ2n) is 5.97. The number of benzene rings is 2. The second-order valence-corrected chi connectivity index (χ2v) is 5.97. The lowest BCUT2D eigenvalue weighted by Gasteiger charge is -2.23. The first kappa shape index (κ1) is 15.9. The highest BCUT2D eigenvalue weighted by molar-refractivity contribution is 5.84. The standard InChI is InChI=1S/C18H19N3O3/c1-10-5-4-8-14(22)15(10)16-12-7-3-2-6-11(12)9-13(16)17(23)20-21-18(19)24/h2-8,13,16,22H,9H2,1H3,(H,20,23)(H3,19,21,24)/t13-,16?/m0/s1. The fourth-order valence-electron chi connectivity index (χ4n) is 3.48. The van der Waals surface area contributed by atoms with Crippen LogP contribution in [0.1, 0.15) is 28.2 Å². The highest BCUT2D eigenvalue weighted by atomic mass is 16.3. The van der Waals surface area contributed by atoms with Crippen LogP contribution in [-0.4, -0.2) is 17.0 Å². The average Bonchev–Trinajstić information content (AvgIpc) is 2.92. The molecule has 6 nitrogen and oxygen atoms in total. The van der Waals surface area contributed by atoms with Crippen LogP contribution >= 0.6 is 0 Å². The quantitative estimate of drug-likeness (QED) is 0.632. The molecule has 0 aliphatic heterocycles. The zero-order chi connectivity index (χ0) is 17.3. The maximum atomic E-state index is 12.6. The molecule has 0 saturated heterocycles. The maximum absolute atomic E-state index is 12.6. The summed E-state index contributed by atoms with van der Waals surface area (Å²) in [5, 5.41) is 10.4. The van der Waals surface area contributed by atoms with E-state index in [1.54, 1.807) is 12.1 Å². The molecule has 0 fully saturated rings. The van der Waals surface area contributed by atoms with Crippen LogP contribution in [0.25, 0.3) is 0 Å². The number of fused-ring (bicyclic) bond motifs is 1. The molecule has 1 aliphatic carbocycles. The third-order valence-corrected chi connectivity index (χ3v) is 4.49. The van der Waals surface area contributed by atoms with E-state index in [4.69, 9.17) is 5.73 Å². The molecule has 3 rings (SSSR count). The molecule has 0 radical (unpaired) electrons. The minimum atomic E-state index is -0.825. The summed E-state index contributed by atoms with van der Waals surface area (Å²) in [6, 6.07) is 12.3. The number of hydrogen-bond donors (Lipinski definition) is 4. The predicted molar refractivity (Wildman–Crippen MR) is 89.2 cm³/mol. The zero-order valence-corrected chi connectivity index (χ0v) is 13.2. The minimum Gasteiger partial charge on any atom is -0.508 e. The van der Waals surface area contributed by atoms with Crippen LogP contribution < -0.4 is 16.6 Å². The molecular weight excluding hydrogens is 306 g/mol. The lowest BCUT2D eigenvalue weighted by Crippen LogP contribution is -2.47. The number of hydrazine groups is 1. The van der Waals surface area contributed by atoms with Crippen LogP contribution in [0.15, 0.2) is 42.5 Å². The Morgan fingerprint density at radius 1 is 1.12 bits per heavy atom. The Kier molecular flexibility index (Phi) is 4.12. The van der Waals surface area contributed by atoms with Crippen LogP contribution in [0.5, 0.6) is 5.75 Å². The lowest BCUT2D eigenvalue weighted by atomic mass is 9.82. The molecule has 3 amide bonds. The summed E-state index contributed by atoms with van der Waals surface area (Å²) in [7, 11) is 0. The molecule has 0 heterocycles. The van der Waals surface area contributed by atoms with Crippen molar-refractivity contribution in [1.82, 2.24) is 10.9 Å². The zero-order valence-electron chi connectivity index (χ0n) is 13.2. The van der Waals surface area contributed by atoms with Crippen molar-refractivity contribution in [2.24, 2.45) is 11.7 Å². The molecular formula is C18H19N3O3. The number of aryl methyl sites for hydroxylation is 1. The highest BCUT2D eigenvalue weighted by Gasteiger charge is 2.39. The molecule has 1 aliphatic rings. The fraction of sp³-hybridized carbons (Fsp3) is 0.222. The Morgan fingerprint density at radius 2 is 1.88 bits per heavy atom. The molecule has 24 heavy (non-hydrogen) atoms. The summed E-state index contributed by atoms with van der Waals surface area (Å²) in [6.45, 7) is 1.91. The Bertz CT molecular complexity index is 784. The summed E-state index contributed by atoms with van der Waals surface area (Å²) in [4.78, 5) is 23.4. The Hall–Kier alpha value is -3.02. The van der Waals surface area contributed by atoms with Crippen LogP contribution in [0.4, 0.5) is 4.79 Å². The molecule has 0 saturated carbocycles. The monoisotopic (exact) mass is 325 g/mol. The number of nitrogens with two attached hydrogens (primary N) is 1. The van der Waals surface area contributed by atoms with E-state index in [-0.39, 0.29) is 17.6 Å². The molecule has 6 heteroatoms. The summed E-state index contributed by atoms with van der Waals surface area (Å²) >= 11 is 0. The summed E-state index contributed by atoms with van der Waals surface area (Å²) in [5.41, 5.74) is 13.2. The smallest absolute Gasteiger partial charge is 0.330 e. The molecule has 2 aromatic rings. The number of aromatic hydroxyl groups is 1. The van der Waals surface area contributed by atoms with E-state index in [1.807, 2.05) is 37.3 Å². The van der Waals surface area contributed by atoms with Crippen molar-refractivity contribution in [2.75, 3.05) is 0 Å². The molecule has 0 aromatic heterocycles. The van der Waals surface area contributed by atoms with Crippen LogP contribution in [-0.2, 0) is 11.2 Å². The van der Waals surface area contributed by atoms with Crippen molar-refractivity contribution in [3.05, 3.63) is 64.7 Å². The van der Waals surface area contributed by atoms with Gasteiger partial charge in [-0.3, -0.25) is 10.2 Å². The van der Waals surface area contributed by atoms with E-state index in [1.165, 1.54) is 0 Å². The number of rotatable bonds is 2. The fourth-order valence-corrected chi connectivity index (χ4v) is 3.48. The first-order valence-electron chi connectivity index (χ1n) is 7.70. The van der Waals surface area contributed by atoms with Gasteiger partial charge < -0.3 is 10.8 Å². The number of carbonyl (C=O) groups excluding carboxylic acids is 2. The number of phenolic OH excluding ortho intramolecular Hbond substituents is 1. The number of carbonyl (C=O) groups is 2. The number of amides is 3. The molecule has 0 bridgehead atoms. The van der Waals surface area contributed by atoms with E-state index in [2.05, 4.69) is 10.9 Å². The molecule has 1 unspecified atom stereocenters. The molecule has 2 atom stereocenters. The molecule has 2 aromatic carbocycles. The van der Waals surface area contributed by atoms with Gasteiger partial charge in [0.15, 0.2) is 0 Å². The van der Waals surface area contributed by atoms with Crippen LogP contribution in [0.3, 0.4) is 0 Å². The minimum absolute atomic E-state index is 0.164. The van der Waals surface area contributed by atoms with E-state index in [9.17, 15) is 14.7 Å². The van der Waals surface area contributed by atoms with Crippen molar-refractivity contribution >= 4 is 11.9 Å². The van der Waals surface area contributed by atoms with Crippen LogP contribution in [0, 0.1) is 12.8 Å². The van der Waals surface area contributed by atoms with Crippen molar-refractivity contribution in [3.8, 4) is 5.75 Å². The number of hydrogen-bond acceptors (Lipinski definition) is 3. The summed E-state index contributed by atoms with van der Waals surface area (Å²) < 4.78 is 0. The largest absolute Gasteiger partial charge is 0.508 e. The second kappa shape index (κ2) is 6.23. The van der Waals surface area contributed by atoms with Gasteiger partial charge in [-0.15, -0.1) is 0 Å². The summed E-state index contributed by atoms with van der Waals surface area (Å²) in [5.74, 6) is -0.895. The van der Waals surface area contributed by atoms with Gasteiger partial charge >= 0.3 is 6.03 Å². The first-order chi connectivity index (χ1) is 11.5. The topological polar surface area (TPSA) is 104 Å². The van der Waals surface area contributed by atoms with E-state index in [0.29, 0.717) is 6.42 Å². The first-order valence-corrected chi connectivity index (χ1v) is 7.70. The number of nitrogens with one attached hydrogen (secondary N) is 2. The van der Waals surface area contributed by atoms with E-state index < -0.39 is 11.9 Å². The molecule has 124 valence electrons. The Morgan fingerprint density at radius 3 is 2.58 bits per heavy atom. The predicted octanol–water partition coefficient (Wildman–Crippen LogP) is 1.70. The van der Waals surface area contributed by atoms with Gasteiger partial charge in [0.05, 0.1) is 5.92 Å². The van der Waals surface area contributed by atoms with Gasteiger partial charge in [-0.2, -0.15) is 0 Å².